The summed E-state index contributed by atoms with van der Waals surface area (Å²) in [6, 6.07) is 5.92. The molecule has 0 radical (unpaired) electrons. The van der Waals surface area contributed by atoms with E-state index < -0.39 is 0 Å². The second-order valence-electron chi connectivity index (χ2n) is 5.25. The second-order valence-corrected chi connectivity index (χ2v) is 5.69. The molecule has 2 aromatic rings. The predicted molar refractivity (Wildman–Crippen MR) is 73.5 cm³/mol. The summed E-state index contributed by atoms with van der Waals surface area (Å²) in [5.74, 6) is 0. The van der Waals surface area contributed by atoms with Gasteiger partial charge in [0.2, 0.25) is 0 Å². The number of hydrogen-bond donors (Lipinski definition) is 1. The fourth-order valence-electron chi connectivity index (χ4n) is 2.05. The molecule has 2 nitrogen and oxygen atoms in total. The van der Waals surface area contributed by atoms with Crippen molar-refractivity contribution in [3.05, 3.63) is 40.5 Å². The third-order valence-electron chi connectivity index (χ3n) is 2.75. The maximum atomic E-state index is 6.16. The topological polar surface area (TPSA) is 38.9 Å². The number of rotatable bonds is 2. The van der Waals surface area contributed by atoms with Crippen molar-refractivity contribution in [2.75, 3.05) is 0 Å². The number of benzene rings is 1. The minimum Gasteiger partial charge on any atom is -0.325 e. The molecule has 90 valence electrons. The van der Waals surface area contributed by atoms with Gasteiger partial charge in [0.05, 0.1) is 5.52 Å². The van der Waals surface area contributed by atoms with E-state index in [1.165, 1.54) is 5.56 Å². The van der Waals surface area contributed by atoms with Crippen molar-refractivity contribution in [3.63, 3.8) is 0 Å². The summed E-state index contributed by atoms with van der Waals surface area (Å²) in [6.45, 7) is 6.09. The van der Waals surface area contributed by atoms with Crippen LogP contribution in [0.1, 0.15) is 25.0 Å². The van der Waals surface area contributed by atoms with Gasteiger partial charge in [-0.3, -0.25) is 4.98 Å². The van der Waals surface area contributed by atoms with Gasteiger partial charge in [-0.2, -0.15) is 0 Å². The Morgan fingerprint density at radius 1 is 1.35 bits per heavy atom. The van der Waals surface area contributed by atoms with Gasteiger partial charge in [0.25, 0.3) is 0 Å². The van der Waals surface area contributed by atoms with Gasteiger partial charge in [-0.15, -0.1) is 0 Å². The molecule has 2 N–H and O–H groups in total. The van der Waals surface area contributed by atoms with Crippen LogP contribution in [-0.4, -0.2) is 10.5 Å². The third kappa shape index (κ3) is 2.76. The van der Waals surface area contributed by atoms with Crippen molar-refractivity contribution in [1.29, 1.82) is 0 Å². The van der Waals surface area contributed by atoms with Crippen LogP contribution < -0.4 is 5.73 Å². The SMILES string of the molecule is Cc1ccnc2c(CC(C)(C)N)cc(Cl)cc12. The number of nitrogens with two attached hydrogens (primary N) is 1. The summed E-state index contributed by atoms with van der Waals surface area (Å²) in [5, 5.41) is 1.85. The number of halogens is 1. The van der Waals surface area contributed by atoms with E-state index in [0.717, 1.165) is 27.9 Å². The van der Waals surface area contributed by atoms with E-state index in [9.17, 15) is 0 Å². The van der Waals surface area contributed by atoms with Crippen molar-refractivity contribution in [2.45, 2.75) is 32.7 Å². The highest BCUT2D eigenvalue weighted by Crippen LogP contribution is 2.26. The monoisotopic (exact) mass is 248 g/mol. The first-order chi connectivity index (χ1) is 7.87. The highest BCUT2D eigenvalue weighted by Gasteiger charge is 2.15. The Kier molecular flexibility index (Phi) is 3.11. The number of fused-ring (bicyclic) bond motifs is 1. The molecule has 0 atom stereocenters. The second kappa shape index (κ2) is 4.28. The summed E-state index contributed by atoms with van der Waals surface area (Å²) < 4.78 is 0. The lowest BCUT2D eigenvalue weighted by molar-refractivity contribution is 0.518. The molecule has 17 heavy (non-hydrogen) atoms. The summed E-state index contributed by atoms with van der Waals surface area (Å²) in [5.41, 5.74) is 9.13. The Morgan fingerprint density at radius 2 is 2.06 bits per heavy atom. The molecule has 1 heterocycles. The summed E-state index contributed by atoms with van der Waals surface area (Å²) >= 11 is 6.16. The lowest BCUT2D eigenvalue weighted by Gasteiger charge is -2.19. The molecular weight excluding hydrogens is 232 g/mol. The average Bonchev–Trinajstić information content (AvgIpc) is 2.17. The molecule has 0 fully saturated rings. The van der Waals surface area contributed by atoms with Crippen LogP contribution in [-0.2, 0) is 6.42 Å². The molecule has 0 saturated heterocycles. The summed E-state index contributed by atoms with van der Waals surface area (Å²) in [7, 11) is 0. The molecule has 2 rings (SSSR count). The fourth-order valence-corrected chi connectivity index (χ4v) is 2.29. The van der Waals surface area contributed by atoms with Crippen LogP contribution in [0, 0.1) is 6.92 Å². The van der Waals surface area contributed by atoms with E-state index in [4.69, 9.17) is 17.3 Å². The Bertz CT molecular complexity index is 556. The number of pyridine rings is 1. The van der Waals surface area contributed by atoms with E-state index in [0.29, 0.717) is 0 Å². The van der Waals surface area contributed by atoms with Crippen LogP contribution >= 0.6 is 11.6 Å². The molecular formula is C14H17ClN2. The largest absolute Gasteiger partial charge is 0.325 e. The van der Waals surface area contributed by atoms with Crippen LogP contribution in [0.3, 0.4) is 0 Å². The lowest BCUT2D eigenvalue weighted by Crippen LogP contribution is -2.34. The van der Waals surface area contributed by atoms with Gasteiger partial charge in [0.1, 0.15) is 0 Å². The first kappa shape index (κ1) is 12.3. The molecule has 0 amide bonds. The number of hydrogen-bond acceptors (Lipinski definition) is 2. The minimum atomic E-state index is -0.261. The van der Waals surface area contributed by atoms with Crippen LogP contribution in [0.4, 0.5) is 0 Å². The Labute approximate surface area is 107 Å². The molecule has 3 heteroatoms. The van der Waals surface area contributed by atoms with E-state index in [1.807, 2.05) is 38.2 Å². The van der Waals surface area contributed by atoms with Crippen molar-refractivity contribution in [1.82, 2.24) is 4.98 Å². The van der Waals surface area contributed by atoms with Gasteiger partial charge in [-0.1, -0.05) is 11.6 Å². The van der Waals surface area contributed by atoms with Crippen LogP contribution in [0.25, 0.3) is 10.9 Å². The Balaban J connectivity index is 2.66. The maximum absolute atomic E-state index is 6.16. The summed E-state index contributed by atoms with van der Waals surface area (Å²) in [4.78, 5) is 4.45. The van der Waals surface area contributed by atoms with Crippen molar-refractivity contribution in [3.8, 4) is 0 Å². The van der Waals surface area contributed by atoms with Gasteiger partial charge < -0.3 is 5.73 Å². The van der Waals surface area contributed by atoms with Gasteiger partial charge in [-0.05, 0) is 56.5 Å². The molecule has 0 spiro atoms. The van der Waals surface area contributed by atoms with E-state index in [1.54, 1.807) is 0 Å². The molecule has 1 aromatic carbocycles. The zero-order valence-electron chi connectivity index (χ0n) is 10.4. The van der Waals surface area contributed by atoms with Crippen LogP contribution in [0.5, 0.6) is 0 Å². The zero-order valence-corrected chi connectivity index (χ0v) is 11.2. The third-order valence-corrected chi connectivity index (χ3v) is 2.97. The van der Waals surface area contributed by atoms with Crippen molar-refractivity contribution in [2.24, 2.45) is 5.73 Å². The first-order valence-electron chi connectivity index (χ1n) is 5.69. The van der Waals surface area contributed by atoms with Gasteiger partial charge >= 0.3 is 0 Å². The first-order valence-corrected chi connectivity index (χ1v) is 6.07. The average molecular weight is 249 g/mol. The molecule has 0 aliphatic heterocycles. The lowest BCUT2D eigenvalue weighted by atomic mass is 9.94. The molecule has 1 aromatic heterocycles. The summed E-state index contributed by atoms with van der Waals surface area (Å²) in [6.07, 6.45) is 2.60. The highest BCUT2D eigenvalue weighted by atomic mass is 35.5. The predicted octanol–water partition coefficient (Wildman–Crippen LogP) is 3.48. The smallest absolute Gasteiger partial charge is 0.0738 e. The van der Waals surface area contributed by atoms with E-state index >= 15 is 0 Å². The van der Waals surface area contributed by atoms with Crippen LogP contribution in [0.15, 0.2) is 24.4 Å². The maximum Gasteiger partial charge on any atom is 0.0738 e. The molecule has 0 bridgehead atoms. The highest BCUT2D eigenvalue weighted by molar-refractivity contribution is 6.31. The molecule has 0 unspecified atom stereocenters. The molecule has 0 aliphatic carbocycles. The fraction of sp³-hybridized carbons (Fsp3) is 0.357. The normalized spacial score (nSPS) is 12.1. The zero-order chi connectivity index (χ0) is 12.6. The number of nitrogens with zero attached hydrogens (tertiary/aromatic N) is 1. The number of aromatic nitrogens is 1. The molecule has 0 aliphatic rings. The quantitative estimate of drug-likeness (QED) is 0.884. The van der Waals surface area contributed by atoms with E-state index in [2.05, 4.69) is 11.9 Å². The number of aryl methyl sites for hydroxylation is 1. The molecule has 0 saturated carbocycles. The van der Waals surface area contributed by atoms with Crippen molar-refractivity contribution < 1.29 is 0 Å². The van der Waals surface area contributed by atoms with Gasteiger partial charge in [0.15, 0.2) is 0 Å². The standard InChI is InChI=1S/C14H17ClN2/c1-9-4-5-17-13-10(8-14(2,3)16)6-11(15)7-12(9)13/h4-7H,8,16H2,1-3H3. The van der Waals surface area contributed by atoms with E-state index in [-0.39, 0.29) is 5.54 Å². The van der Waals surface area contributed by atoms with Crippen LogP contribution in [0.2, 0.25) is 5.02 Å². The Hall–Kier alpha value is -1.12. The van der Waals surface area contributed by atoms with Crippen molar-refractivity contribution >= 4 is 22.5 Å². The Morgan fingerprint density at radius 3 is 2.71 bits per heavy atom. The van der Waals surface area contributed by atoms with Gasteiger partial charge in [-0.25, -0.2) is 0 Å². The van der Waals surface area contributed by atoms with Gasteiger partial charge in [0, 0.05) is 22.1 Å². The minimum absolute atomic E-state index is 0.261.